The van der Waals surface area contributed by atoms with Crippen molar-refractivity contribution in [3.05, 3.63) is 0 Å². The number of aliphatic hydroxyl groups is 1. The van der Waals surface area contributed by atoms with Gasteiger partial charge in [-0.15, -0.1) is 0 Å². The standard InChI is InChI=1S/C24H38O5/c1-22-7-3-8-24(22,26)19-5-4-16-14-20(27-11-10-25)17(21-28-12-13-29-21)15-23(16,2)18(19)6-9-22/h10,16-21,26H,3-9,11-15H2,1-2H3/t16-,17?,18+,19-,20-,22+,23+,24+/m1/s1. The predicted molar refractivity (Wildman–Crippen MR) is 108 cm³/mol. The highest BCUT2D eigenvalue weighted by Crippen LogP contribution is 2.68. The van der Waals surface area contributed by atoms with Crippen molar-refractivity contribution in [2.45, 2.75) is 89.6 Å². The fourth-order valence-electron chi connectivity index (χ4n) is 8.54. The van der Waals surface area contributed by atoms with Crippen LogP contribution in [-0.4, -0.2) is 49.2 Å². The second-order valence-electron chi connectivity index (χ2n) is 11.1. The summed E-state index contributed by atoms with van der Waals surface area (Å²) in [5.74, 6) is 1.74. The van der Waals surface area contributed by atoms with E-state index in [0.717, 1.165) is 44.8 Å². The van der Waals surface area contributed by atoms with E-state index in [4.69, 9.17) is 14.2 Å². The minimum atomic E-state index is -0.482. The SMILES string of the molecule is C[C@]12CC(C3OCCO3)[C@H](OCC=O)C[C@H]1CC[C@@H]1[C@@H]2CC[C@]2(C)CCC[C@]12O. The van der Waals surface area contributed by atoms with Crippen molar-refractivity contribution in [1.29, 1.82) is 0 Å². The van der Waals surface area contributed by atoms with Crippen LogP contribution < -0.4 is 0 Å². The van der Waals surface area contributed by atoms with Gasteiger partial charge in [0.05, 0.1) is 24.9 Å². The summed E-state index contributed by atoms with van der Waals surface area (Å²) in [6.07, 6.45) is 10.7. The maximum Gasteiger partial charge on any atom is 0.163 e. The van der Waals surface area contributed by atoms with Gasteiger partial charge in [0.25, 0.3) is 0 Å². The van der Waals surface area contributed by atoms with Crippen LogP contribution in [0.4, 0.5) is 0 Å². The first kappa shape index (κ1) is 20.4. The third kappa shape index (κ3) is 2.98. The van der Waals surface area contributed by atoms with Crippen molar-refractivity contribution in [2.24, 2.45) is 34.5 Å². The quantitative estimate of drug-likeness (QED) is 0.721. The van der Waals surface area contributed by atoms with Gasteiger partial charge in [-0.1, -0.05) is 13.8 Å². The second-order valence-corrected chi connectivity index (χ2v) is 11.1. The Balaban J connectivity index is 1.43. The van der Waals surface area contributed by atoms with Gasteiger partial charge >= 0.3 is 0 Å². The van der Waals surface area contributed by atoms with E-state index in [1.165, 1.54) is 19.3 Å². The number of carbonyl (C=O) groups excluding carboxylic acids is 1. The van der Waals surface area contributed by atoms with E-state index in [9.17, 15) is 9.90 Å². The molecule has 0 radical (unpaired) electrons. The molecule has 1 unspecified atom stereocenters. The van der Waals surface area contributed by atoms with Gasteiger partial charge in [0.1, 0.15) is 12.9 Å². The summed E-state index contributed by atoms with van der Waals surface area (Å²) >= 11 is 0. The number of hydrogen-bond acceptors (Lipinski definition) is 5. The molecule has 0 amide bonds. The Kier molecular flexibility index (Phi) is 5.13. The molecule has 0 spiro atoms. The van der Waals surface area contributed by atoms with Crippen LogP contribution in [0.2, 0.25) is 0 Å². The molecule has 5 fully saturated rings. The maximum absolute atomic E-state index is 11.9. The number of hydrogen-bond donors (Lipinski definition) is 1. The van der Waals surface area contributed by atoms with Crippen LogP contribution in [0.1, 0.15) is 71.6 Å². The molecule has 8 atom stereocenters. The molecule has 1 N–H and O–H groups in total. The van der Waals surface area contributed by atoms with Crippen molar-refractivity contribution in [3.8, 4) is 0 Å². The zero-order chi connectivity index (χ0) is 20.3. The number of rotatable bonds is 4. The third-order valence-electron chi connectivity index (χ3n) is 10.1. The molecule has 0 aromatic carbocycles. The lowest BCUT2D eigenvalue weighted by molar-refractivity contribution is -0.228. The zero-order valence-corrected chi connectivity index (χ0v) is 18.1. The first-order valence-corrected chi connectivity index (χ1v) is 11.9. The van der Waals surface area contributed by atoms with Gasteiger partial charge in [-0.3, -0.25) is 0 Å². The lowest BCUT2D eigenvalue weighted by atomic mass is 9.43. The molecule has 29 heavy (non-hydrogen) atoms. The average Bonchev–Trinajstić information content (AvgIpc) is 3.33. The van der Waals surface area contributed by atoms with Crippen LogP contribution in [0.3, 0.4) is 0 Å². The predicted octanol–water partition coefficient (Wildman–Crippen LogP) is 3.72. The molecule has 0 aromatic heterocycles. The van der Waals surface area contributed by atoms with E-state index in [0.29, 0.717) is 31.0 Å². The zero-order valence-electron chi connectivity index (χ0n) is 18.1. The Bertz CT molecular complexity index is 633. The third-order valence-corrected chi connectivity index (χ3v) is 10.1. The first-order valence-electron chi connectivity index (χ1n) is 11.9. The van der Waals surface area contributed by atoms with Gasteiger partial charge in [0.15, 0.2) is 6.29 Å². The largest absolute Gasteiger partial charge is 0.389 e. The van der Waals surface area contributed by atoms with Gasteiger partial charge in [-0.25, -0.2) is 0 Å². The van der Waals surface area contributed by atoms with Crippen LogP contribution in [0.15, 0.2) is 0 Å². The number of carbonyl (C=O) groups is 1. The summed E-state index contributed by atoms with van der Waals surface area (Å²) in [5.41, 5.74) is -0.188. The molecule has 5 rings (SSSR count). The number of aldehydes is 1. The minimum absolute atomic E-state index is 0.0290. The summed E-state index contributed by atoms with van der Waals surface area (Å²) in [5, 5.41) is 11.9. The molecule has 1 heterocycles. The van der Waals surface area contributed by atoms with Crippen LogP contribution in [0.25, 0.3) is 0 Å². The summed E-state index contributed by atoms with van der Waals surface area (Å²) < 4.78 is 17.9. The van der Waals surface area contributed by atoms with E-state index in [1.807, 2.05) is 0 Å². The Hall–Kier alpha value is -0.490. The molecule has 1 saturated heterocycles. The lowest BCUT2D eigenvalue weighted by Gasteiger charge is -2.64. The fourth-order valence-corrected chi connectivity index (χ4v) is 8.54. The highest BCUT2D eigenvalue weighted by molar-refractivity contribution is 5.50. The molecule has 1 aliphatic heterocycles. The second kappa shape index (κ2) is 7.29. The lowest BCUT2D eigenvalue weighted by Crippen LogP contribution is -2.62. The van der Waals surface area contributed by atoms with E-state index in [1.54, 1.807) is 0 Å². The van der Waals surface area contributed by atoms with Gasteiger partial charge in [-0.2, -0.15) is 0 Å². The highest BCUT2D eigenvalue weighted by Gasteiger charge is 2.65. The normalized spacial score (nSPS) is 52.6. The molecule has 164 valence electrons. The van der Waals surface area contributed by atoms with Gasteiger partial charge in [0, 0.05) is 5.92 Å². The van der Waals surface area contributed by atoms with E-state index < -0.39 is 5.60 Å². The molecule has 5 aliphatic rings. The summed E-state index contributed by atoms with van der Waals surface area (Å²) in [6.45, 7) is 6.27. The van der Waals surface area contributed by atoms with Crippen LogP contribution in [0.5, 0.6) is 0 Å². The minimum Gasteiger partial charge on any atom is -0.389 e. The molecular formula is C24H38O5. The van der Waals surface area contributed by atoms with Gasteiger partial charge in [0.2, 0.25) is 0 Å². The molecule has 5 nitrogen and oxygen atoms in total. The summed E-state index contributed by atoms with van der Waals surface area (Å²) in [6, 6.07) is 0. The van der Waals surface area contributed by atoms with Gasteiger partial charge in [-0.05, 0) is 86.4 Å². The van der Waals surface area contributed by atoms with Crippen molar-refractivity contribution >= 4 is 6.29 Å². The fraction of sp³-hybridized carbons (Fsp3) is 0.958. The molecule has 5 heteroatoms. The molecule has 4 saturated carbocycles. The van der Waals surface area contributed by atoms with E-state index in [2.05, 4.69) is 13.8 Å². The summed E-state index contributed by atoms with van der Waals surface area (Å²) in [4.78, 5) is 11.0. The topological polar surface area (TPSA) is 65.0 Å². The number of fused-ring (bicyclic) bond motifs is 5. The van der Waals surface area contributed by atoms with Crippen molar-refractivity contribution in [2.75, 3.05) is 19.8 Å². The van der Waals surface area contributed by atoms with Crippen molar-refractivity contribution in [1.82, 2.24) is 0 Å². The van der Waals surface area contributed by atoms with Crippen molar-refractivity contribution < 1.29 is 24.1 Å². The first-order chi connectivity index (χ1) is 13.9. The summed E-state index contributed by atoms with van der Waals surface area (Å²) in [7, 11) is 0. The van der Waals surface area contributed by atoms with Crippen LogP contribution in [-0.2, 0) is 19.0 Å². The van der Waals surface area contributed by atoms with E-state index >= 15 is 0 Å². The Morgan fingerprint density at radius 3 is 2.62 bits per heavy atom. The average molecular weight is 407 g/mol. The number of ether oxygens (including phenoxy) is 3. The van der Waals surface area contributed by atoms with Gasteiger partial charge < -0.3 is 24.1 Å². The van der Waals surface area contributed by atoms with Crippen LogP contribution >= 0.6 is 0 Å². The molecule has 0 aromatic rings. The molecule has 0 bridgehead atoms. The smallest absolute Gasteiger partial charge is 0.163 e. The van der Waals surface area contributed by atoms with Crippen molar-refractivity contribution in [3.63, 3.8) is 0 Å². The van der Waals surface area contributed by atoms with Crippen LogP contribution in [0, 0.1) is 34.5 Å². The molecule has 4 aliphatic carbocycles. The van der Waals surface area contributed by atoms with E-state index in [-0.39, 0.29) is 35.7 Å². The maximum atomic E-state index is 11.9. The molecular weight excluding hydrogens is 368 g/mol. The Labute approximate surface area is 174 Å². The monoisotopic (exact) mass is 406 g/mol. The highest BCUT2D eigenvalue weighted by atomic mass is 16.7. The Morgan fingerprint density at radius 1 is 1.07 bits per heavy atom. The Morgan fingerprint density at radius 2 is 1.86 bits per heavy atom.